The molecule has 4 heteroatoms. The highest BCUT2D eigenvalue weighted by Crippen LogP contribution is 2.27. The second-order valence-corrected chi connectivity index (χ2v) is 3.72. The van der Waals surface area contributed by atoms with Crippen LogP contribution >= 0.6 is 23.2 Å². The average molecular weight is 249 g/mol. The molecule has 0 N–H and O–H groups in total. The summed E-state index contributed by atoms with van der Waals surface area (Å²) in [5, 5.41) is 0.647. The van der Waals surface area contributed by atoms with Gasteiger partial charge in [-0.2, -0.15) is 0 Å². The molecule has 0 aromatic heterocycles. The molecular weight excluding hydrogens is 235 g/mol. The highest BCUT2D eigenvalue weighted by atomic mass is 35.5. The fourth-order valence-corrected chi connectivity index (χ4v) is 1.77. The first kappa shape index (κ1) is 12.6. The van der Waals surface area contributed by atoms with E-state index < -0.39 is 0 Å². The van der Waals surface area contributed by atoms with E-state index in [0.717, 1.165) is 17.7 Å². The summed E-state index contributed by atoms with van der Waals surface area (Å²) >= 11 is 11.8. The number of hydrogen-bond acceptors (Lipinski definition) is 2. The zero-order valence-electron chi connectivity index (χ0n) is 8.63. The molecule has 1 aromatic rings. The van der Waals surface area contributed by atoms with E-state index in [-0.39, 0.29) is 0 Å². The summed E-state index contributed by atoms with van der Waals surface area (Å²) in [5.74, 6) is 1.12. The third kappa shape index (κ3) is 3.90. The van der Waals surface area contributed by atoms with Gasteiger partial charge in [0.15, 0.2) is 0 Å². The van der Waals surface area contributed by atoms with Crippen molar-refractivity contribution in [2.45, 2.75) is 12.3 Å². The lowest BCUT2D eigenvalue weighted by Crippen LogP contribution is -2.03. The lowest BCUT2D eigenvalue weighted by atomic mass is 10.2. The first-order chi connectivity index (χ1) is 7.29. The molecule has 15 heavy (non-hydrogen) atoms. The standard InChI is InChI=1S/C11H14Cl2O2/c1-14-6-3-7-15-11-5-2-4-10(13)9(11)8-12/h2,4-5H,3,6-8H2,1H3. The predicted molar refractivity (Wildman–Crippen MR) is 63.0 cm³/mol. The van der Waals surface area contributed by atoms with Crippen LogP contribution in [0.4, 0.5) is 0 Å². The normalized spacial score (nSPS) is 10.3. The molecule has 0 heterocycles. The molecule has 84 valence electrons. The van der Waals surface area contributed by atoms with Gasteiger partial charge in [-0.1, -0.05) is 17.7 Å². The molecule has 0 aliphatic carbocycles. The number of benzene rings is 1. The molecule has 1 aromatic carbocycles. The molecule has 0 amide bonds. The summed E-state index contributed by atoms with van der Waals surface area (Å²) in [6.45, 7) is 1.30. The van der Waals surface area contributed by atoms with E-state index in [1.165, 1.54) is 0 Å². The summed E-state index contributed by atoms with van der Waals surface area (Å²) in [7, 11) is 1.67. The molecular formula is C11H14Cl2O2. The molecule has 0 radical (unpaired) electrons. The lowest BCUT2D eigenvalue weighted by molar-refractivity contribution is 0.172. The van der Waals surface area contributed by atoms with Crippen LogP contribution in [-0.4, -0.2) is 20.3 Å². The Morgan fingerprint density at radius 1 is 1.27 bits per heavy atom. The number of halogens is 2. The first-order valence-electron chi connectivity index (χ1n) is 4.74. The van der Waals surface area contributed by atoms with Gasteiger partial charge in [-0.25, -0.2) is 0 Å². The van der Waals surface area contributed by atoms with Gasteiger partial charge < -0.3 is 9.47 Å². The van der Waals surface area contributed by atoms with Crippen LogP contribution in [-0.2, 0) is 10.6 Å². The third-order valence-corrected chi connectivity index (χ3v) is 2.58. The monoisotopic (exact) mass is 248 g/mol. The Kier molecular flexibility index (Phi) is 5.84. The minimum absolute atomic E-state index is 0.360. The average Bonchev–Trinajstić information content (AvgIpc) is 2.24. The molecule has 0 atom stereocenters. The fraction of sp³-hybridized carbons (Fsp3) is 0.455. The van der Waals surface area contributed by atoms with Crippen LogP contribution in [0.15, 0.2) is 18.2 Å². The van der Waals surface area contributed by atoms with E-state index in [1.807, 2.05) is 12.1 Å². The van der Waals surface area contributed by atoms with Crippen molar-refractivity contribution < 1.29 is 9.47 Å². The molecule has 0 saturated carbocycles. The Morgan fingerprint density at radius 3 is 2.73 bits per heavy atom. The van der Waals surface area contributed by atoms with Gasteiger partial charge in [-0.3, -0.25) is 0 Å². The van der Waals surface area contributed by atoms with Gasteiger partial charge in [0.2, 0.25) is 0 Å². The Bertz CT molecular complexity index is 303. The van der Waals surface area contributed by atoms with Crippen LogP contribution in [0.3, 0.4) is 0 Å². The van der Waals surface area contributed by atoms with Crippen molar-refractivity contribution in [2.24, 2.45) is 0 Å². The van der Waals surface area contributed by atoms with Gasteiger partial charge >= 0.3 is 0 Å². The Balaban J connectivity index is 2.56. The molecule has 0 bridgehead atoms. The molecule has 2 nitrogen and oxygen atoms in total. The van der Waals surface area contributed by atoms with Crippen molar-refractivity contribution in [2.75, 3.05) is 20.3 Å². The topological polar surface area (TPSA) is 18.5 Å². The molecule has 0 aliphatic heterocycles. The van der Waals surface area contributed by atoms with Crippen LogP contribution in [0.2, 0.25) is 5.02 Å². The highest BCUT2D eigenvalue weighted by molar-refractivity contribution is 6.32. The summed E-state index contributed by atoms with van der Waals surface area (Å²) in [4.78, 5) is 0. The summed E-state index contributed by atoms with van der Waals surface area (Å²) < 4.78 is 10.5. The van der Waals surface area contributed by atoms with Crippen LogP contribution in [0.5, 0.6) is 5.75 Å². The maximum Gasteiger partial charge on any atom is 0.125 e. The van der Waals surface area contributed by atoms with Crippen molar-refractivity contribution in [1.29, 1.82) is 0 Å². The quantitative estimate of drug-likeness (QED) is 0.567. The zero-order chi connectivity index (χ0) is 11.1. The SMILES string of the molecule is COCCCOc1cccc(Cl)c1CCl. The van der Waals surface area contributed by atoms with Crippen molar-refractivity contribution in [1.82, 2.24) is 0 Å². The van der Waals surface area contributed by atoms with E-state index in [9.17, 15) is 0 Å². The van der Waals surface area contributed by atoms with E-state index >= 15 is 0 Å². The molecule has 0 unspecified atom stereocenters. The number of methoxy groups -OCH3 is 1. The van der Waals surface area contributed by atoms with Crippen molar-refractivity contribution in [3.05, 3.63) is 28.8 Å². The van der Waals surface area contributed by atoms with Gasteiger partial charge in [-0.15, -0.1) is 11.6 Å². The van der Waals surface area contributed by atoms with Crippen molar-refractivity contribution >= 4 is 23.2 Å². The van der Waals surface area contributed by atoms with Crippen LogP contribution < -0.4 is 4.74 Å². The van der Waals surface area contributed by atoms with E-state index in [2.05, 4.69) is 0 Å². The Labute approximate surface area is 100 Å². The Morgan fingerprint density at radius 2 is 2.07 bits per heavy atom. The van der Waals surface area contributed by atoms with Crippen LogP contribution in [0.1, 0.15) is 12.0 Å². The predicted octanol–water partition coefficient (Wildman–Crippen LogP) is 3.49. The first-order valence-corrected chi connectivity index (χ1v) is 5.66. The van der Waals surface area contributed by atoms with Gasteiger partial charge in [0.25, 0.3) is 0 Å². The van der Waals surface area contributed by atoms with Crippen molar-refractivity contribution in [3.63, 3.8) is 0 Å². The van der Waals surface area contributed by atoms with Crippen molar-refractivity contribution in [3.8, 4) is 5.75 Å². The molecule has 0 aliphatic rings. The smallest absolute Gasteiger partial charge is 0.125 e. The minimum Gasteiger partial charge on any atom is -0.493 e. The molecule has 0 spiro atoms. The molecule has 1 rings (SSSR count). The number of rotatable bonds is 6. The van der Waals surface area contributed by atoms with E-state index in [1.54, 1.807) is 13.2 Å². The second-order valence-electron chi connectivity index (χ2n) is 3.04. The summed E-state index contributed by atoms with van der Waals surface area (Å²) in [5.41, 5.74) is 0.846. The maximum atomic E-state index is 5.98. The van der Waals surface area contributed by atoms with Gasteiger partial charge in [0.05, 0.1) is 12.5 Å². The van der Waals surface area contributed by atoms with Gasteiger partial charge in [-0.05, 0) is 12.1 Å². The third-order valence-electron chi connectivity index (χ3n) is 1.96. The summed E-state index contributed by atoms with van der Waals surface area (Å²) in [6, 6.07) is 5.53. The van der Waals surface area contributed by atoms with E-state index in [0.29, 0.717) is 24.1 Å². The fourth-order valence-electron chi connectivity index (χ4n) is 1.19. The molecule has 0 saturated heterocycles. The summed E-state index contributed by atoms with van der Waals surface area (Å²) in [6.07, 6.45) is 0.852. The number of ether oxygens (including phenoxy) is 2. The van der Waals surface area contributed by atoms with Crippen LogP contribution in [0.25, 0.3) is 0 Å². The largest absolute Gasteiger partial charge is 0.493 e. The minimum atomic E-state index is 0.360. The molecule has 0 fully saturated rings. The number of alkyl halides is 1. The highest BCUT2D eigenvalue weighted by Gasteiger charge is 2.06. The Hall–Kier alpha value is -0.440. The van der Waals surface area contributed by atoms with Gasteiger partial charge in [0.1, 0.15) is 5.75 Å². The zero-order valence-corrected chi connectivity index (χ0v) is 10.1. The van der Waals surface area contributed by atoms with E-state index in [4.69, 9.17) is 32.7 Å². The second kappa shape index (κ2) is 6.94. The lowest BCUT2D eigenvalue weighted by Gasteiger charge is -2.10. The van der Waals surface area contributed by atoms with Gasteiger partial charge in [0, 0.05) is 30.7 Å². The number of hydrogen-bond donors (Lipinski definition) is 0. The van der Waals surface area contributed by atoms with Crippen LogP contribution in [0, 0.1) is 0 Å². The maximum absolute atomic E-state index is 5.98.